The molecule has 2 N–H and O–H groups in total. The van der Waals surface area contributed by atoms with Gasteiger partial charge in [0.15, 0.2) is 17.4 Å². The van der Waals surface area contributed by atoms with Crippen molar-refractivity contribution in [3.8, 4) is 5.75 Å². The minimum absolute atomic E-state index is 0.0807. The normalized spacial score (nSPS) is 9.83. The molecule has 7 heteroatoms. The van der Waals surface area contributed by atoms with Crippen LogP contribution in [0.15, 0.2) is 30.3 Å². The summed E-state index contributed by atoms with van der Waals surface area (Å²) in [4.78, 5) is 11.7. The Hall–Kier alpha value is -2.57. The first-order valence-corrected chi connectivity index (χ1v) is 6.80. The van der Waals surface area contributed by atoms with Crippen molar-refractivity contribution in [2.75, 3.05) is 0 Å². The minimum atomic E-state index is -2.02. The third-order valence-corrected chi connectivity index (χ3v) is 2.76. The molecule has 124 valence electrons. The molecule has 0 atom stereocenters. The van der Waals surface area contributed by atoms with E-state index < -0.39 is 40.5 Å². The molecule has 0 aliphatic heterocycles. The van der Waals surface area contributed by atoms with Gasteiger partial charge in [0.2, 0.25) is 11.6 Å². The van der Waals surface area contributed by atoms with Gasteiger partial charge in [-0.05, 0) is 5.56 Å². The fourth-order valence-electron chi connectivity index (χ4n) is 1.69. The van der Waals surface area contributed by atoms with Gasteiger partial charge >= 0.3 is 0 Å². The number of phenolic OH excluding ortho intramolecular Hbond substituents is 1. The van der Waals surface area contributed by atoms with Crippen LogP contribution in [-0.2, 0) is 6.54 Å². The number of aromatic hydroxyl groups is 1. The van der Waals surface area contributed by atoms with Gasteiger partial charge < -0.3 is 10.4 Å². The standard InChI is InChI=1S/C14H9F4NO2.C2H6/c15-9-8(10(16)12(18)13(20)11(9)17)14(21)19-6-7-4-2-1-3-5-7;1-2/h1-5,20H,6H2,(H,19,21);1-2H3. The predicted molar refractivity (Wildman–Crippen MR) is 76.9 cm³/mol. The first kappa shape index (κ1) is 18.5. The lowest BCUT2D eigenvalue weighted by Crippen LogP contribution is -2.26. The fourth-order valence-corrected chi connectivity index (χ4v) is 1.69. The van der Waals surface area contributed by atoms with Crippen molar-refractivity contribution in [3.63, 3.8) is 0 Å². The third-order valence-electron chi connectivity index (χ3n) is 2.76. The number of phenols is 1. The molecule has 0 fully saturated rings. The molecular formula is C16H15F4NO2. The number of nitrogens with one attached hydrogen (secondary N) is 1. The maximum atomic E-state index is 13.5. The third kappa shape index (κ3) is 4.00. The van der Waals surface area contributed by atoms with Crippen LogP contribution in [0.5, 0.6) is 5.75 Å². The summed E-state index contributed by atoms with van der Waals surface area (Å²) >= 11 is 0. The summed E-state index contributed by atoms with van der Waals surface area (Å²) in [6.45, 7) is 3.92. The zero-order valence-electron chi connectivity index (χ0n) is 12.5. The Kier molecular flexibility index (Phi) is 6.56. The monoisotopic (exact) mass is 329 g/mol. The highest BCUT2D eigenvalue weighted by atomic mass is 19.2. The highest BCUT2D eigenvalue weighted by Crippen LogP contribution is 2.28. The van der Waals surface area contributed by atoms with Crippen molar-refractivity contribution in [1.82, 2.24) is 5.32 Å². The molecule has 0 aliphatic rings. The maximum absolute atomic E-state index is 13.5. The van der Waals surface area contributed by atoms with Gasteiger partial charge in [0.05, 0.1) is 0 Å². The van der Waals surface area contributed by atoms with Crippen molar-refractivity contribution < 1.29 is 27.5 Å². The Bertz CT molecular complexity index is 661. The molecule has 0 aliphatic carbocycles. The quantitative estimate of drug-likeness (QED) is 0.663. The van der Waals surface area contributed by atoms with Crippen molar-refractivity contribution in [2.24, 2.45) is 0 Å². The van der Waals surface area contributed by atoms with Crippen LogP contribution in [0.1, 0.15) is 29.8 Å². The van der Waals surface area contributed by atoms with E-state index >= 15 is 0 Å². The molecular weight excluding hydrogens is 314 g/mol. The van der Waals surface area contributed by atoms with E-state index in [1.165, 1.54) is 0 Å². The van der Waals surface area contributed by atoms with Crippen molar-refractivity contribution >= 4 is 5.91 Å². The van der Waals surface area contributed by atoms with Crippen molar-refractivity contribution in [2.45, 2.75) is 20.4 Å². The zero-order valence-corrected chi connectivity index (χ0v) is 12.5. The molecule has 2 aromatic rings. The Morgan fingerprint density at radius 3 is 1.91 bits per heavy atom. The molecule has 0 saturated carbocycles. The maximum Gasteiger partial charge on any atom is 0.257 e. The molecule has 2 rings (SSSR count). The lowest BCUT2D eigenvalue weighted by atomic mass is 10.1. The fraction of sp³-hybridized carbons (Fsp3) is 0.188. The second-order valence-corrected chi connectivity index (χ2v) is 4.15. The number of carbonyl (C=O) groups is 1. The largest absolute Gasteiger partial charge is 0.503 e. The SMILES string of the molecule is CC.O=C(NCc1ccccc1)c1c(F)c(F)c(O)c(F)c1F. The molecule has 3 nitrogen and oxygen atoms in total. The topological polar surface area (TPSA) is 49.3 Å². The number of amides is 1. The van der Waals surface area contributed by atoms with Crippen LogP contribution in [0, 0.1) is 23.3 Å². The summed E-state index contributed by atoms with van der Waals surface area (Å²) in [7, 11) is 0. The van der Waals surface area contributed by atoms with Gasteiger partial charge in [0, 0.05) is 6.54 Å². The smallest absolute Gasteiger partial charge is 0.257 e. The predicted octanol–water partition coefficient (Wildman–Crippen LogP) is 3.90. The highest BCUT2D eigenvalue weighted by Gasteiger charge is 2.29. The average molecular weight is 329 g/mol. The van der Waals surface area contributed by atoms with Crippen LogP contribution in [0.25, 0.3) is 0 Å². The van der Waals surface area contributed by atoms with E-state index in [2.05, 4.69) is 5.32 Å². The summed E-state index contributed by atoms with van der Waals surface area (Å²) in [5, 5.41) is 11.0. The van der Waals surface area contributed by atoms with Crippen molar-refractivity contribution in [1.29, 1.82) is 0 Å². The summed E-state index contributed by atoms with van der Waals surface area (Å²) in [6, 6.07) is 8.39. The van der Waals surface area contributed by atoms with Crippen LogP contribution in [-0.4, -0.2) is 11.0 Å². The number of carbonyl (C=O) groups excluding carboxylic acids is 1. The molecule has 0 aromatic heterocycles. The van der Waals surface area contributed by atoms with Gasteiger partial charge in [-0.15, -0.1) is 0 Å². The van der Waals surface area contributed by atoms with Crippen LogP contribution in [0.4, 0.5) is 17.6 Å². The second kappa shape index (κ2) is 8.17. The van der Waals surface area contributed by atoms with Crippen LogP contribution < -0.4 is 5.32 Å². The molecule has 0 bridgehead atoms. The van der Waals surface area contributed by atoms with E-state index in [-0.39, 0.29) is 6.54 Å². The average Bonchev–Trinajstić information content (AvgIpc) is 2.59. The van der Waals surface area contributed by atoms with E-state index in [0.29, 0.717) is 5.56 Å². The molecule has 1 amide bonds. The first-order valence-electron chi connectivity index (χ1n) is 6.80. The summed E-state index contributed by atoms with van der Waals surface area (Å²) in [5.41, 5.74) is -0.787. The lowest BCUT2D eigenvalue weighted by Gasteiger charge is -2.09. The van der Waals surface area contributed by atoms with Gasteiger partial charge in [-0.1, -0.05) is 44.2 Å². The van der Waals surface area contributed by atoms with Crippen LogP contribution in [0.2, 0.25) is 0 Å². The first-order chi connectivity index (χ1) is 10.9. The minimum Gasteiger partial charge on any atom is -0.503 e. The molecule has 0 spiro atoms. The Labute approximate surface area is 130 Å². The lowest BCUT2D eigenvalue weighted by molar-refractivity contribution is 0.0939. The van der Waals surface area contributed by atoms with E-state index in [4.69, 9.17) is 5.11 Å². The Morgan fingerprint density at radius 1 is 0.957 bits per heavy atom. The molecule has 0 radical (unpaired) electrons. The van der Waals surface area contributed by atoms with Crippen LogP contribution in [0.3, 0.4) is 0 Å². The number of benzene rings is 2. The number of hydrogen-bond acceptors (Lipinski definition) is 2. The van der Waals surface area contributed by atoms with E-state index in [9.17, 15) is 22.4 Å². The van der Waals surface area contributed by atoms with E-state index in [1.54, 1.807) is 30.3 Å². The van der Waals surface area contributed by atoms with Gasteiger partial charge in [-0.3, -0.25) is 4.79 Å². The molecule has 2 aromatic carbocycles. The van der Waals surface area contributed by atoms with Crippen LogP contribution >= 0.6 is 0 Å². The molecule has 23 heavy (non-hydrogen) atoms. The highest BCUT2D eigenvalue weighted by molar-refractivity contribution is 5.95. The van der Waals surface area contributed by atoms with Gasteiger partial charge in [-0.2, -0.15) is 8.78 Å². The number of rotatable bonds is 3. The molecule has 0 unspecified atom stereocenters. The van der Waals surface area contributed by atoms with Gasteiger partial charge in [0.1, 0.15) is 5.56 Å². The van der Waals surface area contributed by atoms with Gasteiger partial charge in [-0.25, -0.2) is 8.78 Å². The number of hydrogen-bond donors (Lipinski definition) is 2. The molecule has 0 heterocycles. The zero-order chi connectivity index (χ0) is 17.6. The number of halogens is 4. The van der Waals surface area contributed by atoms with E-state index in [0.717, 1.165) is 0 Å². The Morgan fingerprint density at radius 2 is 1.43 bits per heavy atom. The summed E-state index contributed by atoms with van der Waals surface area (Å²) in [6.07, 6.45) is 0. The van der Waals surface area contributed by atoms with E-state index in [1.807, 2.05) is 13.8 Å². The summed E-state index contributed by atoms with van der Waals surface area (Å²) in [5.74, 6) is -11.1. The molecule has 0 saturated heterocycles. The second-order valence-electron chi connectivity index (χ2n) is 4.15. The summed E-state index contributed by atoms with van der Waals surface area (Å²) < 4.78 is 53.2. The van der Waals surface area contributed by atoms with Crippen molar-refractivity contribution in [3.05, 3.63) is 64.7 Å². The Balaban J connectivity index is 0.00000127. The van der Waals surface area contributed by atoms with Gasteiger partial charge in [0.25, 0.3) is 5.91 Å².